The summed E-state index contributed by atoms with van der Waals surface area (Å²) in [5, 5.41) is 19.4. The van der Waals surface area contributed by atoms with Gasteiger partial charge in [0.25, 0.3) is 5.56 Å². The Morgan fingerprint density at radius 1 is 1.27 bits per heavy atom. The topological polar surface area (TPSA) is 165 Å². The van der Waals surface area contributed by atoms with Crippen molar-refractivity contribution in [3.05, 3.63) is 34.6 Å². The first-order valence-electron chi connectivity index (χ1n) is 8.06. The van der Waals surface area contributed by atoms with Crippen LogP contribution in [-0.2, 0) is 4.74 Å². The van der Waals surface area contributed by atoms with Crippen molar-refractivity contribution < 1.29 is 14.9 Å². The number of benzene rings is 1. The van der Waals surface area contributed by atoms with Gasteiger partial charge in [0.1, 0.15) is 18.2 Å². The normalized spacial score (nSPS) is 22.9. The van der Waals surface area contributed by atoms with E-state index in [9.17, 15) is 15.0 Å². The predicted octanol–water partition coefficient (Wildman–Crippen LogP) is -0.408. The highest BCUT2D eigenvalue weighted by molar-refractivity contribution is 5.77. The summed E-state index contributed by atoms with van der Waals surface area (Å²) in [5.41, 5.74) is 12.6. The molecule has 10 nitrogen and oxygen atoms in total. The van der Waals surface area contributed by atoms with E-state index in [2.05, 4.69) is 15.0 Å². The molecule has 0 spiro atoms. The van der Waals surface area contributed by atoms with Crippen molar-refractivity contribution in [2.45, 2.75) is 24.9 Å². The summed E-state index contributed by atoms with van der Waals surface area (Å²) in [7, 11) is 0. The van der Waals surface area contributed by atoms with E-state index in [4.69, 9.17) is 16.2 Å². The minimum absolute atomic E-state index is 0.0511. The summed E-state index contributed by atoms with van der Waals surface area (Å²) in [6.45, 7) is -0.322. The fraction of sp³-hybridized carbons (Fsp3) is 0.312. The summed E-state index contributed by atoms with van der Waals surface area (Å²) in [5.74, 6) is 0.379. The second kappa shape index (κ2) is 6.09. The van der Waals surface area contributed by atoms with Crippen LogP contribution in [-0.4, -0.2) is 48.5 Å². The molecule has 3 heterocycles. The number of H-pyrrole nitrogens is 1. The number of anilines is 2. The molecule has 1 aliphatic rings. The molecular weight excluding hydrogens is 340 g/mol. The smallest absolute Gasteiger partial charge is 0.280 e. The molecule has 2 aromatic heterocycles. The molecule has 1 fully saturated rings. The Morgan fingerprint density at radius 3 is 2.65 bits per heavy atom. The number of aromatic nitrogens is 4. The van der Waals surface area contributed by atoms with Gasteiger partial charge in [-0.25, -0.2) is 4.98 Å². The quantitative estimate of drug-likeness (QED) is 0.394. The van der Waals surface area contributed by atoms with Crippen molar-refractivity contribution in [3.8, 4) is 11.4 Å². The van der Waals surface area contributed by atoms with E-state index in [0.717, 1.165) is 0 Å². The zero-order chi connectivity index (χ0) is 18.4. The number of nitrogens with zero attached hydrogens (tertiary/aromatic N) is 3. The van der Waals surface area contributed by atoms with Crippen molar-refractivity contribution in [1.82, 2.24) is 19.5 Å². The predicted molar refractivity (Wildman–Crippen MR) is 94.0 cm³/mol. The van der Waals surface area contributed by atoms with Crippen molar-refractivity contribution in [2.75, 3.05) is 18.1 Å². The Bertz CT molecular complexity index is 1010. The lowest BCUT2D eigenvalue weighted by molar-refractivity contribution is -0.0426. The Hall–Kier alpha value is -2.95. The fourth-order valence-corrected chi connectivity index (χ4v) is 3.15. The number of aliphatic hydroxyl groups is 2. The Labute approximate surface area is 147 Å². The van der Waals surface area contributed by atoms with E-state index in [1.807, 2.05) is 0 Å². The maximum Gasteiger partial charge on any atom is 0.280 e. The second-order valence-electron chi connectivity index (χ2n) is 6.17. The van der Waals surface area contributed by atoms with E-state index in [1.165, 1.54) is 0 Å². The third kappa shape index (κ3) is 2.60. The van der Waals surface area contributed by atoms with Gasteiger partial charge in [-0.2, -0.15) is 4.98 Å². The van der Waals surface area contributed by atoms with Crippen LogP contribution in [0.15, 0.2) is 29.1 Å². The van der Waals surface area contributed by atoms with Crippen LogP contribution in [0.5, 0.6) is 0 Å². The molecule has 1 saturated heterocycles. The summed E-state index contributed by atoms with van der Waals surface area (Å²) >= 11 is 0. The number of aromatic amines is 1. The van der Waals surface area contributed by atoms with Gasteiger partial charge in [0.15, 0.2) is 11.2 Å². The standard InChI is InChI=1S/C16H18N6O4/c17-8-3-1-7(2-4-8)13-19-12-14(20-16(18)21-15(12)25)22(13)11-5-9(24)10(6-23)26-11/h1-4,9-11,23-24H,5-6,17H2,(H3,18,20,21,25)/t9-,10-,11-/m1/s1. The maximum absolute atomic E-state index is 12.2. The summed E-state index contributed by atoms with van der Waals surface area (Å²) in [6.07, 6.45) is -2.02. The first-order chi connectivity index (χ1) is 12.5. The number of rotatable bonds is 3. The highest BCUT2D eigenvalue weighted by Gasteiger charge is 2.37. The lowest BCUT2D eigenvalue weighted by atomic mass is 10.1. The molecule has 1 aromatic carbocycles. The monoisotopic (exact) mass is 358 g/mol. The van der Waals surface area contributed by atoms with Crippen LogP contribution in [0.1, 0.15) is 12.6 Å². The number of hydrogen-bond donors (Lipinski definition) is 5. The van der Waals surface area contributed by atoms with Gasteiger partial charge < -0.3 is 26.4 Å². The summed E-state index contributed by atoms with van der Waals surface area (Å²) < 4.78 is 7.36. The largest absolute Gasteiger partial charge is 0.399 e. The molecule has 0 aliphatic carbocycles. The number of aliphatic hydroxyl groups excluding tert-OH is 2. The van der Waals surface area contributed by atoms with Crippen LogP contribution in [0.4, 0.5) is 11.6 Å². The van der Waals surface area contributed by atoms with E-state index in [-0.39, 0.29) is 30.1 Å². The molecular formula is C16H18N6O4. The van der Waals surface area contributed by atoms with Crippen LogP contribution in [0.2, 0.25) is 0 Å². The number of hydrogen-bond acceptors (Lipinski definition) is 8. The van der Waals surface area contributed by atoms with Gasteiger partial charge in [0.2, 0.25) is 5.95 Å². The van der Waals surface area contributed by atoms with Crippen LogP contribution in [0.25, 0.3) is 22.6 Å². The molecule has 0 unspecified atom stereocenters. The molecule has 0 radical (unpaired) electrons. The number of nitrogen functional groups attached to an aromatic ring is 2. The van der Waals surface area contributed by atoms with Crippen molar-refractivity contribution in [3.63, 3.8) is 0 Å². The first kappa shape index (κ1) is 16.5. The van der Waals surface area contributed by atoms with E-state index in [0.29, 0.717) is 17.1 Å². The van der Waals surface area contributed by atoms with Crippen molar-refractivity contribution >= 4 is 22.8 Å². The number of imidazole rings is 1. The molecule has 4 rings (SSSR count). The molecule has 7 N–H and O–H groups in total. The lowest BCUT2D eigenvalue weighted by Crippen LogP contribution is -2.24. The molecule has 0 bridgehead atoms. The third-order valence-corrected chi connectivity index (χ3v) is 4.41. The SMILES string of the molecule is Nc1ccc(-c2nc3c(=O)[nH]c(N)nc3n2[C@H]2C[C@@H](O)[C@@H](CO)O2)cc1. The van der Waals surface area contributed by atoms with Crippen LogP contribution in [0, 0.1) is 0 Å². The van der Waals surface area contributed by atoms with E-state index in [1.54, 1.807) is 28.8 Å². The van der Waals surface area contributed by atoms with Gasteiger partial charge in [-0.15, -0.1) is 0 Å². The second-order valence-corrected chi connectivity index (χ2v) is 6.17. The average Bonchev–Trinajstić information content (AvgIpc) is 3.16. The minimum Gasteiger partial charge on any atom is -0.399 e. The summed E-state index contributed by atoms with van der Waals surface area (Å²) in [4.78, 5) is 23.3. The molecule has 136 valence electrons. The molecule has 1 aliphatic heterocycles. The minimum atomic E-state index is -0.846. The van der Waals surface area contributed by atoms with E-state index >= 15 is 0 Å². The Kier molecular flexibility index (Phi) is 3.87. The van der Waals surface area contributed by atoms with Crippen molar-refractivity contribution in [2.24, 2.45) is 0 Å². The molecule has 0 amide bonds. The van der Waals surface area contributed by atoms with Crippen molar-refractivity contribution in [1.29, 1.82) is 0 Å². The molecule has 3 aromatic rings. The molecule has 0 saturated carbocycles. The van der Waals surface area contributed by atoms with Gasteiger partial charge in [-0.3, -0.25) is 14.3 Å². The lowest BCUT2D eigenvalue weighted by Gasteiger charge is -2.17. The molecule has 3 atom stereocenters. The highest BCUT2D eigenvalue weighted by atomic mass is 16.5. The van der Waals surface area contributed by atoms with E-state index < -0.39 is 24.0 Å². The fourth-order valence-electron chi connectivity index (χ4n) is 3.15. The first-order valence-corrected chi connectivity index (χ1v) is 8.06. The van der Waals surface area contributed by atoms with Crippen LogP contribution < -0.4 is 17.0 Å². The highest BCUT2D eigenvalue weighted by Crippen LogP contribution is 2.35. The summed E-state index contributed by atoms with van der Waals surface area (Å²) in [6, 6.07) is 6.96. The van der Waals surface area contributed by atoms with Gasteiger partial charge in [0, 0.05) is 17.7 Å². The third-order valence-electron chi connectivity index (χ3n) is 4.41. The van der Waals surface area contributed by atoms with Gasteiger partial charge in [-0.05, 0) is 24.3 Å². The number of nitrogens with one attached hydrogen (secondary N) is 1. The van der Waals surface area contributed by atoms with Crippen LogP contribution >= 0.6 is 0 Å². The van der Waals surface area contributed by atoms with Crippen LogP contribution in [0.3, 0.4) is 0 Å². The maximum atomic E-state index is 12.2. The Balaban J connectivity index is 1.95. The van der Waals surface area contributed by atoms with Gasteiger partial charge >= 0.3 is 0 Å². The number of fused-ring (bicyclic) bond motifs is 1. The average molecular weight is 358 g/mol. The zero-order valence-electron chi connectivity index (χ0n) is 13.7. The number of ether oxygens (including phenoxy) is 1. The van der Waals surface area contributed by atoms with Gasteiger partial charge in [-0.1, -0.05) is 0 Å². The molecule has 26 heavy (non-hydrogen) atoms. The Morgan fingerprint density at radius 2 is 2.00 bits per heavy atom. The zero-order valence-corrected chi connectivity index (χ0v) is 13.7. The number of nitrogens with two attached hydrogens (primary N) is 2. The molecule has 10 heteroatoms. The van der Waals surface area contributed by atoms with Gasteiger partial charge in [0.05, 0.1) is 12.7 Å².